The molecule has 0 unspecified atom stereocenters. The van der Waals surface area contributed by atoms with Gasteiger partial charge in [-0.15, -0.1) is 0 Å². The van der Waals surface area contributed by atoms with Crippen molar-refractivity contribution in [2.45, 2.75) is 32.6 Å². The van der Waals surface area contributed by atoms with E-state index in [9.17, 15) is 0 Å². The van der Waals surface area contributed by atoms with Gasteiger partial charge in [0.25, 0.3) is 0 Å². The molecule has 2 nitrogen and oxygen atoms in total. The summed E-state index contributed by atoms with van der Waals surface area (Å²) in [6, 6.07) is 6.23. The van der Waals surface area contributed by atoms with Gasteiger partial charge in [-0.1, -0.05) is 47.2 Å². The predicted octanol–water partition coefficient (Wildman–Crippen LogP) is 4.51. The molecule has 2 rings (SSSR count). The molecule has 0 aliphatic carbocycles. The van der Waals surface area contributed by atoms with Crippen LogP contribution in [0.25, 0.3) is 0 Å². The Morgan fingerprint density at radius 1 is 1.33 bits per heavy atom. The smallest absolute Gasteiger partial charge is 0.231 e. The number of aryl methyl sites for hydroxylation is 1. The first-order valence-electron chi connectivity index (χ1n) is 6.46. The second-order valence-electron chi connectivity index (χ2n) is 4.38. The Morgan fingerprint density at radius 2 is 2.17 bits per heavy atom. The molecule has 98 valence electrons. The second kappa shape index (κ2) is 7.02. The maximum Gasteiger partial charge on any atom is 0.231 e. The van der Waals surface area contributed by atoms with Crippen LogP contribution in [0.5, 0.6) is 11.5 Å². The highest BCUT2D eigenvalue weighted by atomic mass is 127. The minimum absolute atomic E-state index is 0.355. The molecule has 0 N–H and O–H groups in total. The van der Waals surface area contributed by atoms with Gasteiger partial charge in [-0.3, -0.25) is 0 Å². The van der Waals surface area contributed by atoms with Gasteiger partial charge in [0.15, 0.2) is 11.5 Å². The van der Waals surface area contributed by atoms with E-state index in [0.717, 1.165) is 24.3 Å². The Kier molecular flexibility index (Phi) is 5.35. The normalized spacial score (nSPS) is 14.0. The van der Waals surface area contributed by atoms with E-state index in [1.807, 2.05) is 6.07 Å². The van der Waals surface area contributed by atoms with Crippen molar-refractivity contribution in [3.63, 3.8) is 0 Å². The number of hydrogen-bond acceptors (Lipinski definition) is 2. The zero-order valence-electron chi connectivity index (χ0n) is 10.7. The monoisotopic (exact) mass is 358 g/mol. The molecule has 3 heteroatoms. The van der Waals surface area contributed by atoms with Crippen LogP contribution in [0, 0.1) is 0 Å². The molecule has 0 amide bonds. The topological polar surface area (TPSA) is 18.5 Å². The lowest BCUT2D eigenvalue weighted by Gasteiger charge is -2.03. The standard InChI is InChI=1S/C15H19IO2/c1-2-12(8-9-16)4-3-5-13-6-7-14-15(10-13)18-11-17-14/h4,6-7,10H,2-3,5,8-9,11H2,1H3. The zero-order valence-corrected chi connectivity index (χ0v) is 12.9. The molecular formula is C15H19IO2. The molecule has 18 heavy (non-hydrogen) atoms. The average molecular weight is 358 g/mol. The number of rotatable bonds is 6. The molecule has 0 aromatic heterocycles. The van der Waals surface area contributed by atoms with Crippen molar-refractivity contribution in [1.82, 2.24) is 0 Å². The van der Waals surface area contributed by atoms with Crippen molar-refractivity contribution >= 4 is 22.6 Å². The number of ether oxygens (including phenoxy) is 2. The first-order chi connectivity index (χ1) is 8.83. The van der Waals surface area contributed by atoms with Crippen molar-refractivity contribution in [1.29, 1.82) is 0 Å². The maximum atomic E-state index is 5.39. The van der Waals surface area contributed by atoms with Crippen LogP contribution in [0.1, 0.15) is 31.7 Å². The van der Waals surface area contributed by atoms with E-state index in [1.165, 1.54) is 22.8 Å². The SMILES string of the molecule is CCC(=CCCc1ccc2c(c1)OCO2)CCI. The summed E-state index contributed by atoms with van der Waals surface area (Å²) in [7, 11) is 0. The molecule has 0 fully saturated rings. The summed E-state index contributed by atoms with van der Waals surface area (Å²) in [6.45, 7) is 2.59. The van der Waals surface area contributed by atoms with Crippen LogP contribution in [0.2, 0.25) is 0 Å². The molecule has 1 heterocycles. The molecule has 0 radical (unpaired) electrons. The van der Waals surface area contributed by atoms with Gasteiger partial charge in [-0.2, -0.15) is 0 Å². The molecule has 0 spiro atoms. The van der Waals surface area contributed by atoms with Crippen molar-refractivity contribution in [2.75, 3.05) is 11.2 Å². The Labute approximate surface area is 123 Å². The molecule has 1 aliphatic heterocycles. The van der Waals surface area contributed by atoms with E-state index in [-0.39, 0.29) is 0 Å². The fourth-order valence-corrected chi connectivity index (χ4v) is 2.78. The Balaban J connectivity index is 1.90. The molecular weight excluding hydrogens is 339 g/mol. The third-order valence-electron chi connectivity index (χ3n) is 3.17. The highest BCUT2D eigenvalue weighted by Crippen LogP contribution is 2.32. The third kappa shape index (κ3) is 3.64. The summed E-state index contributed by atoms with van der Waals surface area (Å²) in [5.41, 5.74) is 2.89. The van der Waals surface area contributed by atoms with E-state index in [1.54, 1.807) is 5.57 Å². The van der Waals surface area contributed by atoms with Gasteiger partial charge in [0.2, 0.25) is 6.79 Å². The second-order valence-corrected chi connectivity index (χ2v) is 5.46. The van der Waals surface area contributed by atoms with Crippen molar-refractivity contribution in [2.24, 2.45) is 0 Å². The highest BCUT2D eigenvalue weighted by molar-refractivity contribution is 14.1. The largest absolute Gasteiger partial charge is 0.454 e. The number of allylic oxidation sites excluding steroid dienone is 2. The number of benzene rings is 1. The van der Waals surface area contributed by atoms with Crippen molar-refractivity contribution in [3.8, 4) is 11.5 Å². The summed E-state index contributed by atoms with van der Waals surface area (Å²) in [4.78, 5) is 0. The van der Waals surface area contributed by atoms with Crippen molar-refractivity contribution in [3.05, 3.63) is 35.4 Å². The lowest BCUT2D eigenvalue weighted by Crippen LogP contribution is -1.93. The fourth-order valence-electron chi connectivity index (χ4n) is 2.08. The van der Waals surface area contributed by atoms with E-state index in [2.05, 4.69) is 47.7 Å². The molecule has 1 aliphatic rings. The lowest BCUT2D eigenvalue weighted by molar-refractivity contribution is 0.174. The van der Waals surface area contributed by atoms with Crippen LogP contribution in [0.4, 0.5) is 0 Å². The van der Waals surface area contributed by atoms with Gasteiger partial charge in [-0.05, 0) is 43.4 Å². The minimum atomic E-state index is 0.355. The maximum absolute atomic E-state index is 5.39. The average Bonchev–Trinajstić information content (AvgIpc) is 2.85. The van der Waals surface area contributed by atoms with Crippen molar-refractivity contribution < 1.29 is 9.47 Å². The molecule has 1 aromatic rings. The predicted molar refractivity (Wildman–Crippen MR) is 82.8 cm³/mol. The van der Waals surface area contributed by atoms with Crippen LogP contribution in [0.3, 0.4) is 0 Å². The summed E-state index contributed by atoms with van der Waals surface area (Å²) >= 11 is 2.44. The van der Waals surface area contributed by atoms with E-state index in [4.69, 9.17) is 9.47 Å². The van der Waals surface area contributed by atoms with Crippen LogP contribution in [-0.4, -0.2) is 11.2 Å². The number of halogens is 1. The van der Waals surface area contributed by atoms with Gasteiger partial charge in [0.05, 0.1) is 0 Å². The highest BCUT2D eigenvalue weighted by Gasteiger charge is 2.12. The first-order valence-corrected chi connectivity index (χ1v) is 7.98. The lowest BCUT2D eigenvalue weighted by atomic mass is 10.1. The summed E-state index contributed by atoms with van der Waals surface area (Å²) in [6.07, 6.45) is 6.96. The first kappa shape index (κ1) is 13.7. The van der Waals surface area contributed by atoms with Gasteiger partial charge in [0, 0.05) is 4.43 Å². The summed E-state index contributed by atoms with van der Waals surface area (Å²) in [5.74, 6) is 1.76. The van der Waals surface area contributed by atoms with Crippen LogP contribution >= 0.6 is 22.6 Å². The Morgan fingerprint density at radius 3 is 2.94 bits per heavy atom. The molecule has 0 bridgehead atoms. The zero-order chi connectivity index (χ0) is 12.8. The number of alkyl halides is 1. The Hall–Kier alpha value is -0.710. The molecule has 0 atom stereocenters. The summed E-state index contributed by atoms with van der Waals surface area (Å²) < 4.78 is 11.9. The van der Waals surface area contributed by atoms with Crippen LogP contribution < -0.4 is 9.47 Å². The summed E-state index contributed by atoms with van der Waals surface area (Å²) in [5, 5.41) is 0. The third-order valence-corrected chi connectivity index (χ3v) is 3.71. The van der Waals surface area contributed by atoms with Gasteiger partial charge < -0.3 is 9.47 Å². The van der Waals surface area contributed by atoms with Crippen LogP contribution in [0.15, 0.2) is 29.8 Å². The fraction of sp³-hybridized carbons (Fsp3) is 0.467. The molecule has 0 saturated carbocycles. The van der Waals surface area contributed by atoms with E-state index in [0.29, 0.717) is 6.79 Å². The van der Waals surface area contributed by atoms with E-state index < -0.39 is 0 Å². The number of hydrogen-bond donors (Lipinski definition) is 0. The quantitative estimate of drug-likeness (QED) is 0.423. The van der Waals surface area contributed by atoms with Crippen LogP contribution in [-0.2, 0) is 6.42 Å². The van der Waals surface area contributed by atoms with E-state index >= 15 is 0 Å². The number of fused-ring (bicyclic) bond motifs is 1. The molecule has 1 aromatic carbocycles. The van der Waals surface area contributed by atoms with Gasteiger partial charge >= 0.3 is 0 Å². The Bertz CT molecular complexity index is 427. The van der Waals surface area contributed by atoms with Gasteiger partial charge in [0.1, 0.15) is 0 Å². The van der Waals surface area contributed by atoms with Gasteiger partial charge in [-0.25, -0.2) is 0 Å². The minimum Gasteiger partial charge on any atom is -0.454 e. The molecule has 0 saturated heterocycles.